The van der Waals surface area contributed by atoms with Gasteiger partial charge in [0.05, 0.1) is 41.1 Å². The van der Waals surface area contributed by atoms with Gasteiger partial charge in [-0.2, -0.15) is 0 Å². The first kappa shape index (κ1) is 18.1. The zero-order valence-electron chi connectivity index (χ0n) is 14.7. The summed E-state index contributed by atoms with van der Waals surface area (Å²) >= 11 is 12.7. The summed E-state index contributed by atoms with van der Waals surface area (Å²) in [5, 5.41) is 1.76. The maximum absolute atomic E-state index is 11.8. The molecular weight excluding hydrogens is 387 g/mol. The molecule has 1 atom stereocenters. The first-order valence-electron chi connectivity index (χ1n) is 8.69. The highest BCUT2D eigenvalue weighted by Crippen LogP contribution is 2.36. The third kappa shape index (κ3) is 3.35. The second-order valence-electron chi connectivity index (χ2n) is 6.50. The fourth-order valence-electron chi connectivity index (χ4n) is 3.59. The van der Waals surface area contributed by atoms with Crippen LogP contribution in [0.5, 0.6) is 0 Å². The Balaban J connectivity index is 1.86. The van der Waals surface area contributed by atoms with Gasteiger partial charge >= 0.3 is 5.97 Å². The molecule has 3 heterocycles. The van der Waals surface area contributed by atoms with Crippen LogP contribution < -0.4 is 4.90 Å². The molecule has 8 heteroatoms. The van der Waals surface area contributed by atoms with Gasteiger partial charge < -0.3 is 14.2 Å². The number of nitrogens with zero attached hydrogens (tertiary/aromatic N) is 4. The first-order valence-corrected chi connectivity index (χ1v) is 9.44. The van der Waals surface area contributed by atoms with E-state index in [0.717, 1.165) is 36.3 Å². The number of hydrogen-bond donors (Lipinski definition) is 0. The number of hydrogen-bond acceptors (Lipinski definition) is 5. The van der Waals surface area contributed by atoms with Gasteiger partial charge in [-0.15, -0.1) is 0 Å². The number of carbonyl (C=O) groups is 1. The normalized spacial score (nSPS) is 16.9. The molecule has 27 heavy (non-hydrogen) atoms. The standard InChI is InChI=1S/C19H18Cl2N4O2/c1-27-17(26)9-12-3-2-7-25(12)16-10-15(24-8-6-22-11-24)13-4-5-14(20)18(21)19(13)23-16/h4-6,8,10-12H,2-3,7,9H2,1H3/t12-/m0/s1. The van der Waals surface area contributed by atoms with E-state index in [2.05, 4.69) is 9.88 Å². The van der Waals surface area contributed by atoms with Gasteiger partial charge in [0.2, 0.25) is 0 Å². The van der Waals surface area contributed by atoms with Crippen molar-refractivity contribution in [1.82, 2.24) is 14.5 Å². The molecule has 6 nitrogen and oxygen atoms in total. The second kappa shape index (κ2) is 7.37. The van der Waals surface area contributed by atoms with E-state index in [1.807, 2.05) is 22.9 Å². The average Bonchev–Trinajstić information content (AvgIpc) is 3.36. The number of carbonyl (C=O) groups excluding carboxylic acids is 1. The second-order valence-corrected chi connectivity index (χ2v) is 7.28. The van der Waals surface area contributed by atoms with Crippen LogP contribution in [0.1, 0.15) is 19.3 Å². The Morgan fingerprint density at radius 1 is 1.37 bits per heavy atom. The highest BCUT2D eigenvalue weighted by atomic mass is 35.5. The SMILES string of the molecule is COC(=O)C[C@@H]1CCCN1c1cc(-n2ccnc2)c2ccc(Cl)c(Cl)c2n1. The molecule has 0 bridgehead atoms. The number of anilines is 1. The van der Waals surface area contributed by atoms with Crippen molar-refractivity contribution in [3.05, 3.63) is 47.0 Å². The lowest BCUT2D eigenvalue weighted by atomic mass is 10.1. The first-order chi connectivity index (χ1) is 13.1. The van der Waals surface area contributed by atoms with Gasteiger partial charge in [0.25, 0.3) is 0 Å². The molecule has 0 radical (unpaired) electrons. The Morgan fingerprint density at radius 3 is 2.96 bits per heavy atom. The van der Waals surface area contributed by atoms with Gasteiger partial charge in [0, 0.05) is 36.4 Å². The summed E-state index contributed by atoms with van der Waals surface area (Å²) in [6.45, 7) is 0.821. The number of imidazole rings is 1. The van der Waals surface area contributed by atoms with Crippen molar-refractivity contribution in [2.45, 2.75) is 25.3 Å². The number of halogens is 2. The van der Waals surface area contributed by atoms with Gasteiger partial charge in [0.1, 0.15) is 5.82 Å². The molecule has 140 valence electrons. The molecule has 1 saturated heterocycles. The predicted octanol–water partition coefficient (Wildman–Crippen LogP) is 4.26. The Morgan fingerprint density at radius 2 is 2.22 bits per heavy atom. The number of pyridine rings is 1. The number of esters is 1. The van der Waals surface area contributed by atoms with Gasteiger partial charge in [-0.05, 0) is 25.0 Å². The minimum atomic E-state index is -0.219. The third-order valence-corrected chi connectivity index (χ3v) is 5.72. The zero-order valence-corrected chi connectivity index (χ0v) is 16.2. The van der Waals surface area contributed by atoms with E-state index in [-0.39, 0.29) is 12.0 Å². The lowest BCUT2D eigenvalue weighted by Gasteiger charge is -2.26. The molecule has 2 aromatic heterocycles. The van der Waals surface area contributed by atoms with Gasteiger partial charge in [-0.1, -0.05) is 23.2 Å². The molecular formula is C19H18Cl2N4O2. The van der Waals surface area contributed by atoms with Crippen molar-refractivity contribution >= 4 is 45.9 Å². The molecule has 0 saturated carbocycles. The van der Waals surface area contributed by atoms with Crippen LogP contribution in [0.25, 0.3) is 16.6 Å². The van der Waals surface area contributed by atoms with Crippen LogP contribution in [0.4, 0.5) is 5.82 Å². The van der Waals surface area contributed by atoms with Crippen molar-refractivity contribution in [2.24, 2.45) is 0 Å². The Kier molecular flexibility index (Phi) is 4.93. The molecule has 0 aliphatic carbocycles. The smallest absolute Gasteiger partial charge is 0.307 e. The number of rotatable bonds is 4. The number of benzene rings is 1. The fraction of sp³-hybridized carbons (Fsp3) is 0.316. The number of methoxy groups -OCH3 is 1. The summed E-state index contributed by atoms with van der Waals surface area (Å²) in [4.78, 5) is 22.9. The van der Waals surface area contributed by atoms with Crippen molar-refractivity contribution in [3.8, 4) is 5.69 Å². The summed E-state index contributed by atoms with van der Waals surface area (Å²) in [6, 6.07) is 5.73. The van der Waals surface area contributed by atoms with Crippen LogP contribution in [-0.2, 0) is 9.53 Å². The molecule has 1 aromatic carbocycles. The van der Waals surface area contributed by atoms with E-state index in [9.17, 15) is 4.79 Å². The monoisotopic (exact) mass is 404 g/mol. The van der Waals surface area contributed by atoms with E-state index in [1.165, 1.54) is 7.11 Å². The van der Waals surface area contributed by atoms with Crippen LogP contribution >= 0.6 is 23.2 Å². The summed E-state index contributed by atoms with van der Waals surface area (Å²) in [6.07, 6.45) is 7.57. The minimum Gasteiger partial charge on any atom is -0.469 e. The topological polar surface area (TPSA) is 60.2 Å². The zero-order chi connectivity index (χ0) is 19.0. The fourth-order valence-corrected chi connectivity index (χ4v) is 3.95. The molecule has 0 N–H and O–H groups in total. The summed E-state index contributed by atoms with van der Waals surface area (Å²) in [5.74, 6) is 0.547. The maximum Gasteiger partial charge on any atom is 0.307 e. The molecule has 1 fully saturated rings. The Hall–Kier alpha value is -2.31. The Bertz CT molecular complexity index is 991. The molecule has 1 aliphatic heterocycles. The lowest BCUT2D eigenvalue weighted by molar-refractivity contribution is -0.140. The van der Waals surface area contributed by atoms with E-state index >= 15 is 0 Å². The van der Waals surface area contributed by atoms with Crippen molar-refractivity contribution in [1.29, 1.82) is 0 Å². The predicted molar refractivity (Wildman–Crippen MR) is 106 cm³/mol. The van der Waals surface area contributed by atoms with Crippen LogP contribution in [-0.4, -0.2) is 40.2 Å². The quantitative estimate of drug-likeness (QED) is 0.607. The average molecular weight is 405 g/mol. The molecule has 0 amide bonds. The van der Waals surface area contributed by atoms with E-state index in [0.29, 0.717) is 22.0 Å². The Labute approximate surface area is 166 Å². The minimum absolute atomic E-state index is 0.0518. The summed E-state index contributed by atoms with van der Waals surface area (Å²) in [5.41, 5.74) is 1.55. The largest absolute Gasteiger partial charge is 0.469 e. The van der Waals surface area contributed by atoms with E-state index in [1.54, 1.807) is 18.6 Å². The van der Waals surface area contributed by atoms with Crippen molar-refractivity contribution in [2.75, 3.05) is 18.6 Å². The van der Waals surface area contributed by atoms with Crippen LogP contribution in [0.3, 0.4) is 0 Å². The maximum atomic E-state index is 11.8. The summed E-state index contributed by atoms with van der Waals surface area (Å²) in [7, 11) is 1.41. The van der Waals surface area contributed by atoms with Gasteiger partial charge in [-0.3, -0.25) is 4.79 Å². The van der Waals surface area contributed by atoms with Crippen LogP contribution in [0, 0.1) is 0 Å². The highest BCUT2D eigenvalue weighted by Gasteiger charge is 2.29. The lowest BCUT2D eigenvalue weighted by Crippen LogP contribution is -2.32. The van der Waals surface area contributed by atoms with Crippen LogP contribution in [0.2, 0.25) is 10.0 Å². The van der Waals surface area contributed by atoms with Crippen molar-refractivity contribution < 1.29 is 9.53 Å². The summed E-state index contributed by atoms with van der Waals surface area (Å²) < 4.78 is 6.77. The number of ether oxygens (including phenoxy) is 1. The third-order valence-electron chi connectivity index (χ3n) is 4.92. The van der Waals surface area contributed by atoms with E-state index in [4.69, 9.17) is 32.9 Å². The molecule has 0 spiro atoms. The molecule has 1 aliphatic rings. The van der Waals surface area contributed by atoms with Gasteiger partial charge in [-0.25, -0.2) is 9.97 Å². The number of fused-ring (bicyclic) bond motifs is 1. The molecule has 0 unspecified atom stereocenters. The highest BCUT2D eigenvalue weighted by molar-refractivity contribution is 6.45. The van der Waals surface area contributed by atoms with Crippen molar-refractivity contribution in [3.63, 3.8) is 0 Å². The van der Waals surface area contributed by atoms with Gasteiger partial charge in [0.15, 0.2) is 0 Å². The van der Waals surface area contributed by atoms with E-state index < -0.39 is 0 Å². The number of aromatic nitrogens is 3. The van der Waals surface area contributed by atoms with Crippen LogP contribution in [0.15, 0.2) is 36.9 Å². The molecule has 4 rings (SSSR count). The molecule has 3 aromatic rings.